The number of carbonyl (C=O) groups is 2. The van der Waals surface area contributed by atoms with Crippen molar-refractivity contribution in [2.75, 3.05) is 31.0 Å². The summed E-state index contributed by atoms with van der Waals surface area (Å²) < 4.78 is 19.4. The number of aromatic nitrogens is 2. The number of nitrogens with zero attached hydrogens (tertiary/aromatic N) is 3. The molecular formula is C31H31FN4O4. The molecule has 1 amide bonds. The van der Waals surface area contributed by atoms with Crippen molar-refractivity contribution in [1.29, 1.82) is 0 Å². The second-order valence-corrected chi connectivity index (χ2v) is 11.0. The summed E-state index contributed by atoms with van der Waals surface area (Å²) in [5.74, 6) is -1.75. The summed E-state index contributed by atoms with van der Waals surface area (Å²) in [6, 6.07) is 15.6. The van der Waals surface area contributed by atoms with Crippen molar-refractivity contribution >= 4 is 40.1 Å². The number of aliphatic hydroxyl groups is 1. The lowest BCUT2D eigenvalue weighted by molar-refractivity contribution is -0.132. The number of anilines is 2. The van der Waals surface area contributed by atoms with E-state index in [0.717, 1.165) is 11.3 Å². The first kappa shape index (κ1) is 26.9. The van der Waals surface area contributed by atoms with Gasteiger partial charge in [-0.2, -0.15) is 0 Å². The van der Waals surface area contributed by atoms with Crippen molar-refractivity contribution in [3.63, 3.8) is 0 Å². The number of halogens is 1. The fourth-order valence-electron chi connectivity index (χ4n) is 5.00. The normalized spacial score (nSPS) is 17.1. The van der Waals surface area contributed by atoms with E-state index < -0.39 is 23.5 Å². The molecule has 0 aliphatic carbocycles. The highest BCUT2D eigenvalue weighted by Crippen LogP contribution is 2.43. The number of Topliss-reactive ketones (excluding diaryl/α,β-unsaturated/α-hetero) is 1. The average molecular weight is 543 g/mol. The van der Waals surface area contributed by atoms with Crippen LogP contribution in [0.5, 0.6) is 5.75 Å². The molecule has 1 aliphatic heterocycles. The molecule has 1 aromatic heterocycles. The number of ether oxygens (including phenoxy) is 1. The Morgan fingerprint density at radius 2 is 1.75 bits per heavy atom. The summed E-state index contributed by atoms with van der Waals surface area (Å²) in [6.45, 7) is 6.05. The third-order valence-corrected chi connectivity index (χ3v) is 7.11. The molecule has 5 rings (SSSR count). The molecule has 1 atom stereocenters. The lowest BCUT2D eigenvalue weighted by Crippen LogP contribution is -2.30. The maximum atomic E-state index is 13.9. The summed E-state index contributed by atoms with van der Waals surface area (Å²) in [5, 5.41) is 11.6. The zero-order valence-corrected chi connectivity index (χ0v) is 23.2. The van der Waals surface area contributed by atoms with Crippen LogP contribution in [0.4, 0.5) is 16.0 Å². The Bertz CT molecular complexity index is 1670. The van der Waals surface area contributed by atoms with Crippen molar-refractivity contribution < 1.29 is 23.8 Å². The van der Waals surface area contributed by atoms with Gasteiger partial charge in [0.05, 0.1) is 29.8 Å². The van der Waals surface area contributed by atoms with Crippen molar-refractivity contribution in [3.8, 4) is 5.75 Å². The smallest absolute Gasteiger partial charge is 0.302 e. The molecule has 2 N–H and O–H groups in total. The van der Waals surface area contributed by atoms with Crippen LogP contribution in [0.15, 0.2) is 66.2 Å². The number of hydrogen-bond acceptors (Lipinski definition) is 6. The largest absolute Gasteiger partial charge is 0.507 e. The van der Waals surface area contributed by atoms with Crippen LogP contribution in [-0.2, 0) is 15.0 Å². The first-order valence-electron chi connectivity index (χ1n) is 12.8. The number of nitrogens with one attached hydrogen (secondary N) is 1. The minimum Gasteiger partial charge on any atom is -0.507 e. The zero-order valence-electron chi connectivity index (χ0n) is 23.2. The van der Waals surface area contributed by atoms with E-state index in [-0.39, 0.29) is 22.7 Å². The molecule has 2 heterocycles. The lowest BCUT2D eigenvalue weighted by atomic mass is 9.84. The summed E-state index contributed by atoms with van der Waals surface area (Å²) in [4.78, 5) is 37.8. The number of ketones is 1. The van der Waals surface area contributed by atoms with Crippen molar-refractivity contribution in [3.05, 3.63) is 88.7 Å². The van der Waals surface area contributed by atoms with Crippen LogP contribution in [-0.4, -0.2) is 48.0 Å². The number of H-pyrrole nitrogens is 1. The summed E-state index contributed by atoms with van der Waals surface area (Å²) >= 11 is 0. The molecule has 1 fully saturated rings. The third kappa shape index (κ3) is 4.57. The van der Waals surface area contributed by atoms with Gasteiger partial charge in [0, 0.05) is 30.9 Å². The number of hydrogen-bond donors (Lipinski definition) is 2. The lowest BCUT2D eigenvalue weighted by Gasteiger charge is -2.25. The van der Waals surface area contributed by atoms with Crippen LogP contribution in [0.2, 0.25) is 0 Å². The Balaban J connectivity index is 1.73. The highest BCUT2D eigenvalue weighted by molar-refractivity contribution is 6.51. The molecule has 1 unspecified atom stereocenters. The number of methoxy groups -OCH3 is 1. The van der Waals surface area contributed by atoms with E-state index in [2.05, 4.69) is 9.97 Å². The molecule has 1 aliphatic rings. The number of carbonyl (C=O) groups excluding carboxylic acids is 2. The van der Waals surface area contributed by atoms with Crippen LogP contribution < -0.4 is 14.5 Å². The van der Waals surface area contributed by atoms with Gasteiger partial charge in [-0.15, -0.1) is 0 Å². The molecule has 4 aromatic rings. The monoisotopic (exact) mass is 542 g/mol. The van der Waals surface area contributed by atoms with Crippen LogP contribution in [0, 0.1) is 5.82 Å². The summed E-state index contributed by atoms with van der Waals surface area (Å²) in [7, 11) is 5.39. The molecule has 3 aromatic carbocycles. The Morgan fingerprint density at radius 3 is 2.38 bits per heavy atom. The van der Waals surface area contributed by atoms with Gasteiger partial charge < -0.3 is 19.7 Å². The van der Waals surface area contributed by atoms with Gasteiger partial charge >= 0.3 is 5.91 Å². The molecular weight excluding hydrogens is 511 g/mol. The van der Waals surface area contributed by atoms with Crippen molar-refractivity contribution in [2.45, 2.75) is 32.2 Å². The number of rotatable bonds is 5. The van der Waals surface area contributed by atoms with Crippen molar-refractivity contribution in [1.82, 2.24) is 9.97 Å². The highest BCUT2D eigenvalue weighted by atomic mass is 19.1. The van der Waals surface area contributed by atoms with Gasteiger partial charge in [0.1, 0.15) is 17.3 Å². The Hall–Kier alpha value is -4.66. The minimum absolute atomic E-state index is 0.0701. The van der Waals surface area contributed by atoms with Crippen LogP contribution in [0.25, 0.3) is 16.8 Å². The molecule has 1 saturated heterocycles. The van der Waals surface area contributed by atoms with E-state index >= 15 is 0 Å². The Kier molecular flexibility index (Phi) is 6.61. The first-order chi connectivity index (χ1) is 18.9. The van der Waals surface area contributed by atoms with Gasteiger partial charge in [-0.25, -0.2) is 9.37 Å². The predicted octanol–water partition coefficient (Wildman–Crippen LogP) is 5.70. The summed E-state index contributed by atoms with van der Waals surface area (Å²) in [6.07, 6.45) is 0. The van der Waals surface area contributed by atoms with Gasteiger partial charge in [0.15, 0.2) is 0 Å². The van der Waals surface area contributed by atoms with Gasteiger partial charge in [-0.1, -0.05) is 32.9 Å². The van der Waals surface area contributed by atoms with Gasteiger partial charge in [0.2, 0.25) is 5.95 Å². The highest BCUT2D eigenvalue weighted by Gasteiger charge is 2.48. The summed E-state index contributed by atoms with van der Waals surface area (Å²) in [5.41, 5.74) is 3.16. The molecule has 8 nitrogen and oxygen atoms in total. The molecule has 206 valence electrons. The van der Waals surface area contributed by atoms with Crippen LogP contribution in [0.3, 0.4) is 0 Å². The van der Waals surface area contributed by atoms with Gasteiger partial charge in [-0.05, 0) is 59.5 Å². The second-order valence-electron chi connectivity index (χ2n) is 11.0. The molecule has 0 spiro atoms. The number of aliphatic hydroxyl groups excluding tert-OH is 1. The zero-order chi connectivity index (χ0) is 28.9. The number of imidazole rings is 1. The fraction of sp³-hybridized carbons (Fsp3) is 0.258. The number of aromatic amines is 1. The Labute approximate surface area is 231 Å². The van der Waals surface area contributed by atoms with Crippen LogP contribution >= 0.6 is 0 Å². The Morgan fingerprint density at radius 1 is 1.05 bits per heavy atom. The average Bonchev–Trinajstić information content (AvgIpc) is 3.44. The van der Waals surface area contributed by atoms with E-state index in [0.29, 0.717) is 27.9 Å². The van der Waals surface area contributed by atoms with E-state index in [1.54, 1.807) is 25.3 Å². The molecule has 0 saturated carbocycles. The molecule has 9 heteroatoms. The van der Waals surface area contributed by atoms with Crippen molar-refractivity contribution in [2.24, 2.45) is 0 Å². The standard InChI is InChI=1S/C31H31FN4O4/c1-31(2,3)21-15-18(9-14-24(21)40-6)27(37)25-26(17-7-11-20(12-8-17)35(4)5)36(29(39)28(25)38)30-33-22-13-10-19(32)16-23(22)34-30/h7-16,26,37H,1-6H3,(H,33,34)/b27-25+. The van der Waals surface area contributed by atoms with E-state index in [9.17, 15) is 19.1 Å². The second kappa shape index (κ2) is 9.82. The third-order valence-electron chi connectivity index (χ3n) is 7.11. The topological polar surface area (TPSA) is 98.8 Å². The number of fused-ring (bicyclic) bond motifs is 1. The molecule has 0 radical (unpaired) electrons. The fourth-order valence-corrected chi connectivity index (χ4v) is 5.00. The predicted molar refractivity (Wildman–Crippen MR) is 153 cm³/mol. The SMILES string of the molecule is COc1ccc(/C(O)=C2\C(=O)C(=O)N(c3nc4ccc(F)cc4[nH]3)C2c2ccc(N(C)C)cc2)cc1C(C)(C)C. The number of amides is 1. The van der Waals surface area contributed by atoms with E-state index in [1.807, 2.05) is 64.0 Å². The quantitative estimate of drug-likeness (QED) is 0.191. The molecule has 0 bridgehead atoms. The minimum atomic E-state index is -0.984. The molecule has 40 heavy (non-hydrogen) atoms. The van der Waals surface area contributed by atoms with Gasteiger partial charge in [0.25, 0.3) is 5.78 Å². The van der Waals surface area contributed by atoms with Gasteiger partial charge in [-0.3, -0.25) is 14.5 Å². The maximum Gasteiger partial charge on any atom is 0.302 e. The maximum absolute atomic E-state index is 13.9. The van der Waals surface area contributed by atoms with E-state index in [1.165, 1.54) is 23.1 Å². The first-order valence-corrected chi connectivity index (χ1v) is 12.8. The number of benzene rings is 3. The van der Waals surface area contributed by atoms with E-state index in [4.69, 9.17) is 4.74 Å². The van der Waals surface area contributed by atoms with Crippen LogP contribution in [0.1, 0.15) is 43.5 Å².